The predicted molar refractivity (Wildman–Crippen MR) is 130 cm³/mol. The highest BCUT2D eigenvalue weighted by atomic mass is 35.5. The van der Waals surface area contributed by atoms with E-state index in [0.717, 1.165) is 11.3 Å². The van der Waals surface area contributed by atoms with Gasteiger partial charge in [0.05, 0.1) is 29.9 Å². The van der Waals surface area contributed by atoms with Crippen LogP contribution in [0.25, 0.3) is 11.3 Å². The summed E-state index contributed by atoms with van der Waals surface area (Å²) in [4.78, 5) is 29.7. The van der Waals surface area contributed by atoms with Gasteiger partial charge < -0.3 is 19.9 Å². The van der Waals surface area contributed by atoms with E-state index in [9.17, 15) is 14.9 Å². The first-order valence-electron chi connectivity index (χ1n) is 10.6. The number of hydrogen-bond acceptors (Lipinski definition) is 5. The number of benzene rings is 2. The lowest BCUT2D eigenvalue weighted by Gasteiger charge is -2.23. The third-order valence-electron chi connectivity index (χ3n) is 4.87. The first kappa shape index (κ1) is 24.8. The van der Waals surface area contributed by atoms with Crippen LogP contribution >= 0.6 is 11.6 Å². The Morgan fingerprint density at radius 1 is 1.21 bits per heavy atom. The van der Waals surface area contributed by atoms with Gasteiger partial charge in [0.15, 0.2) is 0 Å². The second kappa shape index (κ2) is 10.4. The molecule has 8 nitrogen and oxygen atoms in total. The van der Waals surface area contributed by atoms with E-state index in [-0.39, 0.29) is 6.42 Å². The molecule has 0 radical (unpaired) electrons. The molecule has 0 aliphatic heterocycles. The van der Waals surface area contributed by atoms with Crippen LogP contribution in [0.1, 0.15) is 31.9 Å². The Morgan fingerprint density at radius 3 is 2.50 bits per heavy atom. The zero-order valence-electron chi connectivity index (χ0n) is 19.4. The van der Waals surface area contributed by atoms with E-state index in [1.54, 1.807) is 63.6 Å². The van der Waals surface area contributed by atoms with E-state index in [1.165, 1.54) is 0 Å². The summed E-state index contributed by atoms with van der Waals surface area (Å²) in [7, 11) is 1.90. The van der Waals surface area contributed by atoms with Gasteiger partial charge in [-0.25, -0.2) is 9.78 Å². The molecule has 0 fully saturated rings. The topological polar surface area (TPSA) is 109 Å². The number of imidazole rings is 1. The summed E-state index contributed by atoms with van der Waals surface area (Å²) in [6, 6.07) is 13.1. The van der Waals surface area contributed by atoms with Crippen LogP contribution < -0.4 is 10.6 Å². The fourth-order valence-corrected chi connectivity index (χ4v) is 3.46. The highest BCUT2D eigenvalue weighted by molar-refractivity contribution is 6.31. The molecule has 176 valence electrons. The van der Waals surface area contributed by atoms with Crippen LogP contribution in [-0.4, -0.2) is 33.2 Å². The fourth-order valence-electron chi connectivity index (χ4n) is 3.27. The third-order valence-corrected chi connectivity index (χ3v) is 5.24. The van der Waals surface area contributed by atoms with Crippen LogP contribution in [0.15, 0.2) is 55.0 Å². The monoisotopic (exact) mass is 479 g/mol. The van der Waals surface area contributed by atoms with E-state index < -0.39 is 23.6 Å². The molecule has 1 aromatic heterocycles. The number of amides is 2. The van der Waals surface area contributed by atoms with Gasteiger partial charge in [0.2, 0.25) is 5.91 Å². The quantitative estimate of drug-likeness (QED) is 0.533. The molecule has 2 amide bonds. The highest BCUT2D eigenvalue weighted by Crippen LogP contribution is 2.22. The molecule has 2 N–H and O–H groups in total. The van der Waals surface area contributed by atoms with Gasteiger partial charge in [-0.1, -0.05) is 23.7 Å². The zero-order valence-corrected chi connectivity index (χ0v) is 20.2. The number of aryl methyl sites for hydroxylation is 1. The lowest BCUT2D eigenvalue weighted by atomic mass is 10.0. The molecule has 0 aliphatic carbocycles. The van der Waals surface area contributed by atoms with Gasteiger partial charge in [-0.3, -0.25) is 4.79 Å². The maximum Gasteiger partial charge on any atom is 0.408 e. The Balaban J connectivity index is 1.80. The summed E-state index contributed by atoms with van der Waals surface area (Å²) in [5.74, 6) is -0.447. The molecule has 0 spiro atoms. The zero-order chi connectivity index (χ0) is 24.9. The van der Waals surface area contributed by atoms with Gasteiger partial charge in [0.25, 0.3) is 0 Å². The molecule has 0 aliphatic rings. The summed E-state index contributed by atoms with van der Waals surface area (Å²) >= 11 is 6.29. The molecular formula is C25H26ClN5O3. The second-order valence-corrected chi connectivity index (χ2v) is 9.18. The largest absolute Gasteiger partial charge is 0.444 e. The Bertz CT molecular complexity index is 1220. The molecule has 0 unspecified atom stereocenters. The second-order valence-electron chi connectivity index (χ2n) is 8.78. The number of rotatable bonds is 6. The minimum atomic E-state index is -0.988. The average Bonchev–Trinajstić information content (AvgIpc) is 3.19. The number of carbonyl (C=O) groups excluding carboxylic acids is 2. The van der Waals surface area contributed by atoms with Crippen molar-refractivity contribution in [3.8, 4) is 17.3 Å². The van der Waals surface area contributed by atoms with Crippen LogP contribution in [0.5, 0.6) is 0 Å². The maximum atomic E-state index is 13.1. The van der Waals surface area contributed by atoms with Crippen LogP contribution in [-0.2, 0) is 23.0 Å². The van der Waals surface area contributed by atoms with Crippen LogP contribution in [0.3, 0.4) is 0 Å². The summed E-state index contributed by atoms with van der Waals surface area (Å²) < 4.78 is 7.22. The number of halogens is 1. The summed E-state index contributed by atoms with van der Waals surface area (Å²) in [6.45, 7) is 5.20. The molecule has 3 aromatic rings. The number of alkyl carbamates (subject to hydrolysis) is 1. The number of anilines is 1. The molecule has 34 heavy (non-hydrogen) atoms. The lowest BCUT2D eigenvalue weighted by Crippen LogP contribution is -2.47. The summed E-state index contributed by atoms with van der Waals surface area (Å²) in [5, 5.41) is 15.0. The molecule has 1 heterocycles. The number of ether oxygens (including phenoxy) is 1. The Hall–Kier alpha value is -3.83. The molecule has 0 bridgehead atoms. The molecular weight excluding hydrogens is 454 g/mol. The third kappa shape index (κ3) is 6.59. The summed E-state index contributed by atoms with van der Waals surface area (Å²) in [5.41, 5.74) is 2.68. The van der Waals surface area contributed by atoms with E-state index >= 15 is 0 Å². The van der Waals surface area contributed by atoms with Crippen molar-refractivity contribution in [3.63, 3.8) is 0 Å². The molecule has 9 heteroatoms. The van der Waals surface area contributed by atoms with Crippen molar-refractivity contribution in [2.24, 2.45) is 7.05 Å². The minimum Gasteiger partial charge on any atom is -0.444 e. The van der Waals surface area contributed by atoms with Crippen molar-refractivity contribution < 1.29 is 14.3 Å². The number of nitrogens with zero attached hydrogens (tertiary/aromatic N) is 3. The predicted octanol–water partition coefficient (Wildman–Crippen LogP) is 4.69. The number of hydrogen-bond donors (Lipinski definition) is 2. The molecule has 0 saturated carbocycles. The Kier molecular flexibility index (Phi) is 7.59. The van der Waals surface area contributed by atoms with E-state index in [2.05, 4.69) is 21.7 Å². The van der Waals surface area contributed by atoms with E-state index in [0.29, 0.717) is 21.8 Å². The van der Waals surface area contributed by atoms with Crippen molar-refractivity contribution in [1.82, 2.24) is 14.9 Å². The molecule has 3 rings (SSSR count). The van der Waals surface area contributed by atoms with Crippen LogP contribution in [0.4, 0.5) is 10.5 Å². The van der Waals surface area contributed by atoms with Gasteiger partial charge >= 0.3 is 6.09 Å². The fraction of sp³-hybridized carbons (Fsp3) is 0.280. The molecule has 0 saturated heterocycles. The van der Waals surface area contributed by atoms with Gasteiger partial charge in [-0.15, -0.1) is 0 Å². The first-order chi connectivity index (χ1) is 16.1. The standard InChI is InChI=1S/C25H26ClN5O3/c1-25(2,3)34-24(33)30-21(12-18-11-16(13-27)5-10-20(18)26)23(32)29-19-8-6-17(7-9-19)22-14-28-15-31(22)4/h5-11,14-15,21H,12H2,1-4H3,(H,29,32)(H,30,33)/t21-/m0/s1. The van der Waals surface area contributed by atoms with E-state index in [1.807, 2.05) is 23.7 Å². The van der Waals surface area contributed by atoms with Crippen molar-refractivity contribution in [1.29, 1.82) is 5.26 Å². The number of nitriles is 1. The number of aromatic nitrogens is 2. The van der Waals surface area contributed by atoms with Gasteiger partial charge in [-0.05, 0) is 62.2 Å². The van der Waals surface area contributed by atoms with Crippen LogP contribution in [0, 0.1) is 11.3 Å². The van der Waals surface area contributed by atoms with Gasteiger partial charge in [-0.2, -0.15) is 5.26 Å². The average molecular weight is 480 g/mol. The Labute approximate surface area is 203 Å². The molecule has 2 aromatic carbocycles. The highest BCUT2D eigenvalue weighted by Gasteiger charge is 2.26. The van der Waals surface area contributed by atoms with Crippen molar-refractivity contribution in [3.05, 3.63) is 71.1 Å². The minimum absolute atomic E-state index is 0.0759. The van der Waals surface area contributed by atoms with Crippen molar-refractivity contribution >= 4 is 29.3 Å². The van der Waals surface area contributed by atoms with Crippen molar-refractivity contribution in [2.75, 3.05) is 5.32 Å². The first-order valence-corrected chi connectivity index (χ1v) is 11.0. The SMILES string of the molecule is Cn1cncc1-c1ccc(NC(=O)[C@H](Cc2cc(C#N)ccc2Cl)NC(=O)OC(C)(C)C)cc1. The van der Waals surface area contributed by atoms with E-state index in [4.69, 9.17) is 16.3 Å². The molecule has 1 atom stereocenters. The lowest BCUT2D eigenvalue weighted by molar-refractivity contribution is -0.118. The van der Waals surface area contributed by atoms with Crippen molar-refractivity contribution in [2.45, 2.75) is 38.8 Å². The van der Waals surface area contributed by atoms with Gasteiger partial charge in [0, 0.05) is 24.2 Å². The number of nitrogens with one attached hydrogen (secondary N) is 2. The number of carbonyl (C=O) groups is 2. The van der Waals surface area contributed by atoms with Crippen LogP contribution in [0.2, 0.25) is 5.02 Å². The summed E-state index contributed by atoms with van der Waals surface area (Å²) in [6.07, 6.45) is 2.82. The van der Waals surface area contributed by atoms with Gasteiger partial charge in [0.1, 0.15) is 11.6 Å². The normalized spacial score (nSPS) is 11.9. The Morgan fingerprint density at radius 2 is 1.91 bits per heavy atom. The smallest absolute Gasteiger partial charge is 0.408 e. The maximum absolute atomic E-state index is 13.1.